The van der Waals surface area contributed by atoms with Gasteiger partial charge in [-0.1, -0.05) is 41.7 Å². The fourth-order valence-electron chi connectivity index (χ4n) is 3.24. The highest BCUT2D eigenvalue weighted by Crippen LogP contribution is 2.26. The van der Waals surface area contributed by atoms with E-state index in [2.05, 4.69) is 4.99 Å². The molecule has 0 spiro atoms. The van der Waals surface area contributed by atoms with Crippen molar-refractivity contribution in [3.05, 3.63) is 93.3 Å². The molecule has 0 saturated carbocycles. The molecule has 10 heteroatoms. The number of benzene rings is 3. The van der Waals surface area contributed by atoms with Gasteiger partial charge in [-0.2, -0.15) is 4.99 Å². The monoisotopic (exact) mass is 477 g/mol. The number of carbonyl (C=O) groups is 2. The summed E-state index contributed by atoms with van der Waals surface area (Å²) in [7, 11) is 0. The van der Waals surface area contributed by atoms with Gasteiger partial charge >= 0.3 is 5.97 Å². The Balaban J connectivity index is 1.79. The number of thiazole rings is 1. The van der Waals surface area contributed by atoms with Gasteiger partial charge in [0, 0.05) is 12.1 Å². The van der Waals surface area contributed by atoms with E-state index < -0.39 is 16.8 Å². The number of amides is 1. The first-order valence-corrected chi connectivity index (χ1v) is 11.1. The van der Waals surface area contributed by atoms with Crippen LogP contribution in [0.15, 0.2) is 77.8 Å². The molecular weight excluding hydrogens is 458 g/mol. The normalized spacial score (nSPS) is 11.4. The summed E-state index contributed by atoms with van der Waals surface area (Å²) in [6, 6.07) is 20.0. The van der Waals surface area contributed by atoms with Crippen LogP contribution in [0, 0.1) is 10.1 Å². The van der Waals surface area contributed by atoms with Crippen LogP contribution in [0.25, 0.3) is 10.2 Å². The molecule has 0 radical (unpaired) electrons. The summed E-state index contributed by atoms with van der Waals surface area (Å²) < 4.78 is 12.9. The number of nitrogens with zero attached hydrogens (tertiary/aromatic N) is 3. The van der Waals surface area contributed by atoms with Crippen molar-refractivity contribution in [3.8, 4) is 11.5 Å². The number of carbonyl (C=O) groups excluding carboxylic acids is 2. The van der Waals surface area contributed by atoms with Crippen LogP contribution in [0.4, 0.5) is 5.69 Å². The van der Waals surface area contributed by atoms with E-state index >= 15 is 0 Å². The molecule has 1 heterocycles. The number of hydrogen-bond acceptors (Lipinski definition) is 7. The SMILES string of the molecule is CCOC(=O)Cn1c(=NC(=O)c2ccccc2Oc2ccccc2)sc2cc([N+](=O)[O-])ccc21. The number of non-ortho nitro benzene ring substituents is 1. The van der Waals surface area contributed by atoms with E-state index in [1.807, 2.05) is 18.2 Å². The fourth-order valence-corrected chi connectivity index (χ4v) is 4.31. The largest absolute Gasteiger partial charge is 0.465 e. The second-order valence-electron chi connectivity index (χ2n) is 7.01. The number of aromatic nitrogens is 1. The summed E-state index contributed by atoms with van der Waals surface area (Å²) in [5, 5.41) is 11.2. The molecule has 1 amide bonds. The van der Waals surface area contributed by atoms with Crippen LogP contribution in [0.2, 0.25) is 0 Å². The van der Waals surface area contributed by atoms with Crippen LogP contribution in [0.1, 0.15) is 17.3 Å². The van der Waals surface area contributed by atoms with Crippen molar-refractivity contribution in [1.29, 1.82) is 0 Å². The van der Waals surface area contributed by atoms with Gasteiger partial charge in [-0.3, -0.25) is 19.7 Å². The number of esters is 1. The number of nitro benzene ring substituents is 1. The fraction of sp³-hybridized carbons (Fsp3) is 0.125. The summed E-state index contributed by atoms with van der Waals surface area (Å²) in [6.07, 6.45) is 0. The Bertz CT molecular complexity index is 1440. The quantitative estimate of drug-likeness (QED) is 0.216. The Labute approximate surface area is 197 Å². The molecule has 0 N–H and O–H groups in total. The molecule has 0 atom stereocenters. The molecule has 1 aromatic heterocycles. The molecule has 34 heavy (non-hydrogen) atoms. The predicted octanol–water partition coefficient (Wildman–Crippen LogP) is 4.71. The lowest BCUT2D eigenvalue weighted by Gasteiger charge is -2.09. The number of para-hydroxylation sites is 2. The van der Waals surface area contributed by atoms with Crippen molar-refractivity contribution in [2.24, 2.45) is 4.99 Å². The van der Waals surface area contributed by atoms with Crippen LogP contribution in [-0.4, -0.2) is 28.0 Å². The van der Waals surface area contributed by atoms with Gasteiger partial charge in [-0.25, -0.2) is 0 Å². The minimum Gasteiger partial charge on any atom is -0.465 e. The molecule has 0 fully saturated rings. The van der Waals surface area contributed by atoms with E-state index in [1.54, 1.807) is 43.3 Å². The molecule has 0 bridgehead atoms. The molecule has 0 aliphatic rings. The maximum absolute atomic E-state index is 13.2. The average molecular weight is 477 g/mol. The summed E-state index contributed by atoms with van der Waals surface area (Å²) >= 11 is 1.07. The standard InChI is InChI=1S/C24H19N3O6S/c1-2-32-22(28)15-26-19-13-12-16(27(30)31)14-21(19)34-24(26)25-23(29)18-10-6-7-11-20(18)33-17-8-4-3-5-9-17/h3-14H,2,15H2,1H3. The third-order valence-corrected chi connectivity index (χ3v) is 5.80. The third kappa shape index (κ3) is 5.02. The highest BCUT2D eigenvalue weighted by Gasteiger charge is 2.17. The van der Waals surface area contributed by atoms with Crippen LogP contribution < -0.4 is 9.54 Å². The number of nitro groups is 1. The summed E-state index contributed by atoms with van der Waals surface area (Å²) in [4.78, 5) is 40.5. The first-order valence-electron chi connectivity index (χ1n) is 10.3. The number of hydrogen-bond donors (Lipinski definition) is 0. The van der Waals surface area contributed by atoms with Gasteiger partial charge < -0.3 is 14.0 Å². The number of rotatable bonds is 7. The van der Waals surface area contributed by atoms with Crippen molar-refractivity contribution >= 4 is 39.1 Å². The van der Waals surface area contributed by atoms with Gasteiger partial charge in [0.25, 0.3) is 11.6 Å². The van der Waals surface area contributed by atoms with Gasteiger partial charge in [0.2, 0.25) is 0 Å². The predicted molar refractivity (Wildman–Crippen MR) is 126 cm³/mol. The van der Waals surface area contributed by atoms with E-state index in [0.717, 1.165) is 11.3 Å². The summed E-state index contributed by atoms with van der Waals surface area (Å²) in [5.41, 5.74) is 0.665. The van der Waals surface area contributed by atoms with Crippen molar-refractivity contribution in [2.45, 2.75) is 13.5 Å². The smallest absolute Gasteiger partial charge is 0.326 e. The second-order valence-corrected chi connectivity index (χ2v) is 8.02. The van der Waals surface area contributed by atoms with Crippen LogP contribution in [0.5, 0.6) is 11.5 Å². The molecule has 0 aliphatic carbocycles. The lowest BCUT2D eigenvalue weighted by molar-refractivity contribution is -0.384. The highest BCUT2D eigenvalue weighted by atomic mass is 32.1. The highest BCUT2D eigenvalue weighted by molar-refractivity contribution is 7.16. The Morgan fingerprint density at radius 3 is 2.53 bits per heavy atom. The van der Waals surface area contributed by atoms with Crippen molar-refractivity contribution in [3.63, 3.8) is 0 Å². The molecule has 0 unspecified atom stereocenters. The maximum atomic E-state index is 13.2. The van der Waals surface area contributed by atoms with Gasteiger partial charge in [0.05, 0.1) is 27.3 Å². The van der Waals surface area contributed by atoms with E-state index in [-0.39, 0.29) is 29.2 Å². The topological polar surface area (TPSA) is 113 Å². The Morgan fingerprint density at radius 1 is 1.06 bits per heavy atom. The Morgan fingerprint density at radius 2 is 1.79 bits per heavy atom. The zero-order chi connectivity index (χ0) is 24.1. The first kappa shape index (κ1) is 22.9. The van der Waals surface area contributed by atoms with E-state index in [9.17, 15) is 19.7 Å². The lowest BCUT2D eigenvalue weighted by Crippen LogP contribution is -2.23. The minimum atomic E-state index is -0.579. The summed E-state index contributed by atoms with van der Waals surface area (Å²) in [5.74, 6) is -0.196. The Kier molecular flexibility index (Phi) is 6.79. The number of fused-ring (bicyclic) bond motifs is 1. The van der Waals surface area contributed by atoms with Crippen molar-refractivity contribution in [2.75, 3.05) is 6.61 Å². The third-order valence-electron chi connectivity index (χ3n) is 4.76. The summed E-state index contributed by atoms with van der Waals surface area (Å²) in [6.45, 7) is 1.69. The van der Waals surface area contributed by atoms with Crippen LogP contribution >= 0.6 is 11.3 Å². The first-order chi connectivity index (χ1) is 16.5. The van der Waals surface area contributed by atoms with Gasteiger partial charge in [-0.15, -0.1) is 0 Å². The zero-order valence-corrected chi connectivity index (χ0v) is 18.9. The van der Waals surface area contributed by atoms with E-state index in [0.29, 0.717) is 21.7 Å². The molecule has 4 rings (SSSR count). The molecule has 0 aliphatic heterocycles. The minimum absolute atomic E-state index is 0.100. The molecule has 0 saturated heterocycles. The second kappa shape index (κ2) is 10.1. The average Bonchev–Trinajstić information content (AvgIpc) is 3.16. The van der Waals surface area contributed by atoms with Crippen LogP contribution in [0.3, 0.4) is 0 Å². The van der Waals surface area contributed by atoms with Gasteiger partial charge in [0.1, 0.15) is 18.0 Å². The molecule has 4 aromatic rings. The molecule has 9 nitrogen and oxygen atoms in total. The van der Waals surface area contributed by atoms with E-state index in [4.69, 9.17) is 9.47 Å². The van der Waals surface area contributed by atoms with Gasteiger partial charge in [-0.05, 0) is 37.3 Å². The zero-order valence-electron chi connectivity index (χ0n) is 18.0. The molecular formula is C24H19N3O6S. The maximum Gasteiger partial charge on any atom is 0.326 e. The Hall–Kier alpha value is -4.31. The van der Waals surface area contributed by atoms with Crippen LogP contribution in [-0.2, 0) is 16.1 Å². The number of ether oxygens (including phenoxy) is 2. The van der Waals surface area contributed by atoms with Gasteiger partial charge in [0.15, 0.2) is 4.80 Å². The lowest BCUT2D eigenvalue weighted by atomic mass is 10.2. The molecule has 172 valence electrons. The van der Waals surface area contributed by atoms with E-state index in [1.165, 1.54) is 22.8 Å². The van der Waals surface area contributed by atoms with Crippen molar-refractivity contribution < 1.29 is 24.0 Å². The van der Waals surface area contributed by atoms with Crippen molar-refractivity contribution in [1.82, 2.24) is 4.57 Å². The molecule has 3 aromatic carbocycles.